The second kappa shape index (κ2) is 6.27. The molecule has 21 heavy (non-hydrogen) atoms. The fourth-order valence-corrected chi connectivity index (χ4v) is 2.25. The van der Waals surface area contributed by atoms with Crippen LogP contribution in [-0.2, 0) is 0 Å². The molecule has 0 fully saturated rings. The smallest absolute Gasteiger partial charge is 0.339 e. The van der Waals surface area contributed by atoms with Crippen molar-refractivity contribution in [1.29, 1.82) is 0 Å². The van der Waals surface area contributed by atoms with E-state index in [2.05, 4.69) is 0 Å². The van der Waals surface area contributed by atoms with Crippen LogP contribution in [0.1, 0.15) is 10.4 Å². The van der Waals surface area contributed by atoms with Crippen LogP contribution in [0, 0.1) is 13.7 Å². The van der Waals surface area contributed by atoms with Gasteiger partial charge in [-0.2, -0.15) is 0 Å². The summed E-state index contributed by atoms with van der Waals surface area (Å²) in [7, 11) is 0. The van der Waals surface area contributed by atoms with Crippen molar-refractivity contribution in [3.05, 3.63) is 60.7 Å². The van der Waals surface area contributed by atoms with Crippen molar-refractivity contribution in [3.8, 4) is 11.5 Å². The fraction of sp³-hybridized carbons (Fsp3) is 0. The minimum absolute atomic E-state index is 0.0216. The number of carboxylic acid groups (broad SMARTS) is 1. The Morgan fingerprint density at radius 3 is 2.52 bits per heavy atom. The molecule has 0 aliphatic rings. The summed E-state index contributed by atoms with van der Waals surface area (Å²) >= 11 is 7.67. The van der Waals surface area contributed by atoms with Gasteiger partial charge in [-0.25, -0.2) is 4.79 Å². The monoisotopic (exact) mass is 419 g/mol. The highest BCUT2D eigenvalue weighted by atomic mass is 127. The van der Waals surface area contributed by atoms with Gasteiger partial charge in [0.15, 0.2) is 0 Å². The summed E-state index contributed by atoms with van der Waals surface area (Å²) < 4.78 is 6.10. The number of carbonyl (C=O) groups is 1. The van der Waals surface area contributed by atoms with E-state index in [0.717, 1.165) is 6.07 Å². The van der Waals surface area contributed by atoms with Gasteiger partial charge in [-0.05, 0) is 52.9 Å². The zero-order valence-electron chi connectivity index (χ0n) is 10.2. The van der Waals surface area contributed by atoms with Crippen LogP contribution in [0.15, 0.2) is 36.4 Å². The summed E-state index contributed by atoms with van der Waals surface area (Å²) in [5, 5.41) is 20.3. The van der Waals surface area contributed by atoms with Gasteiger partial charge in [0.2, 0.25) is 5.75 Å². The lowest BCUT2D eigenvalue weighted by Crippen LogP contribution is -2.01. The maximum absolute atomic E-state index is 11.2. The molecule has 0 atom stereocenters. The molecule has 0 radical (unpaired) electrons. The van der Waals surface area contributed by atoms with Crippen LogP contribution in [0.5, 0.6) is 11.5 Å². The van der Waals surface area contributed by atoms with E-state index >= 15 is 0 Å². The van der Waals surface area contributed by atoms with E-state index in [1.165, 1.54) is 24.3 Å². The highest BCUT2D eigenvalue weighted by molar-refractivity contribution is 14.1. The van der Waals surface area contributed by atoms with Crippen LogP contribution in [0.2, 0.25) is 5.02 Å². The van der Waals surface area contributed by atoms with E-state index in [-0.39, 0.29) is 27.8 Å². The summed E-state index contributed by atoms with van der Waals surface area (Å²) in [4.78, 5) is 21.5. The fourth-order valence-electron chi connectivity index (χ4n) is 1.60. The Hall–Kier alpha value is -1.87. The van der Waals surface area contributed by atoms with Crippen molar-refractivity contribution < 1.29 is 19.6 Å². The number of hydrogen-bond acceptors (Lipinski definition) is 4. The molecule has 0 aliphatic heterocycles. The quantitative estimate of drug-likeness (QED) is 0.452. The molecule has 0 amide bonds. The summed E-state index contributed by atoms with van der Waals surface area (Å²) in [6, 6.07) is 8.40. The second-order valence-electron chi connectivity index (χ2n) is 3.92. The average Bonchev–Trinajstić information content (AvgIpc) is 2.42. The zero-order chi connectivity index (χ0) is 15.6. The van der Waals surface area contributed by atoms with Crippen molar-refractivity contribution in [2.75, 3.05) is 0 Å². The predicted molar refractivity (Wildman–Crippen MR) is 84.3 cm³/mol. The molecule has 0 aromatic heterocycles. The second-order valence-corrected chi connectivity index (χ2v) is 5.60. The van der Waals surface area contributed by atoms with Gasteiger partial charge in [0.25, 0.3) is 0 Å². The lowest BCUT2D eigenvalue weighted by molar-refractivity contribution is -0.385. The number of nitro groups is 1. The Balaban J connectivity index is 2.48. The molecule has 108 valence electrons. The molecule has 2 aromatic carbocycles. The molecule has 8 heteroatoms. The molecule has 0 spiro atoms. The summed E-state index contributed by atoms with van der Waals surface area (Å²) in [5.41, 5.74) is -0.413. The first-order valence-corrected chi connectivity index (χ1v) is 6.99. The number of aromatic carboxylic acids is 1. The van der Waals surface area contributed by atoms with Crippen LogP contribution in [0.4, 0.5) is 5.69 Å². The Bertz CT molecular complexity index is 673. The summed E-state index contributed by atoms with van der Waals surface area (Å²) in [6.07, 6.45) is 0. The Morgan fingerprint density at radius 2 is 1.90 bits per heavy atom. The van der Waals surface area contributed by atoms with Gasteiger partial charge in [0.05, 0.1) is 4.92 Å². The van der Waals surface area contributed by atoms with Gasteiger partial charge in [-0.15, -0.1) is 0 Å². The van der Waals surface area contributed by atoms with Gasteiger partial charge in [0, 0.05) is 14.7 Å². The van der Waals surface area contributed by atoms with Crippen LogP contribution in [0.3, 0.4) is 0 Å². The van der Waals surface area contributed by atoms with Crippen molar-refractivity contribution in [1.82, 2.24) is 0 Å². The number of benzene rings is 2. The Kier molecular flexibility index (Phi) is 4.63. The first-order valence-electron chi connectivity index (χ1n) is 5.53. The highest BCUT2D eigenvalue weighted by Crippen LogP contribution is 2.35. The van der Waals surface area contributed by atoms with Crippen LogP contribution < -0.4 is 4.74 Å². The number of nitro benzene ring substituents is 1. The maximum Gasteiger partial charge on any atom is 0.339 e. The molecule has 6 nitrogen and oxygen atoms in total. The SMILES string of the molecule is O=C(O)c1cc(I)ccc1Oc1ccc(Cl)cc1[N+](=O)[O-]. The van der Waals surface area contributed by atoms with Crippen LogP contribution >= 0.6 is 34.2 Å². The first-order chi connectivity index (χ1) is 9.88. The van der Waals surface area contributed by atoms with Crippen molar-refractivity contribution in [2.45, 2.75) is 0 Å². The summed E-state index contributed by atoms with van der Waals surface area (Å²) in [6.45, 7) is 0. The zero-order valence-corrected chi connectivity index (χ0v) is 13.2. The molecular formula is C13H7ClINO5. The molecular weight excluding hydrogens is 413 g/mol. The van der Waals surface area contributed by atoms with Crippen molar-refractivity contribution in [3.63, 3.8) is 0 Å². The predicted octanol–water partition coefficient (Wildman–Crippen LogP) is 4.34. The van der Waals surface area contributed by atoms with E-state index in [1.807, 2.05) is 22.6 Å². The maximum atomic E-state index is 11.2. The number of carboxylic acids is 1. The molecule has 0 unspecified atom stereocenters. The third-order valence-electron chi connectivity index (χ3n) is 2.51. The van der Waals surface area contributed by atoms with Gasteiger partial charge < -0.3 is 9.84 Å². The minimum Gasteiger partial charge on any atom is -0.478 e. The van der Waals surface area contributed by atoms with E-state index < -0.39 is 10.9 Å². The molecule has 1 N–H and O–H groups in total. The number of nitrogens with zero attached hydrogens (tertiary/aromatic N) is 1. The normalized spacial score (nSPS) is 10.2. The minimum atomic E-state index is -1.18. The number of hydrogen-bond donors (Lipinski definition) is 1. The molecule has 2 aromatic rings. The molecule has 0 aliphatic carbocycles. The van der Waals surface area contributed by atoms with E-state index in [9.17, 15) is 14.9 Å². The molecule has 0 saturated carbocycles. The average molecular weight is 420 g/mol. The Morgan fingerprint density at radius 1 is 1.24 bits per heavy atom. The lowest BCUT2D eigenvalue weighted by Gasteiger charge is -2.09. The van der Waals surface area contributed by atoms with Gasteiger partial charge >= 0.3 is 11.7 Å². The summed E-state index contributed by atoms with van der Waals surface area (Å²) in [5.74, 6) is -1.23. The third-order valence-corrected chi connectivity index (χ3v) is 3.42. The van der Waals surface area contributed by atoms with Crippen LogP contribution in [-0.4, -0.2) is 16.0 Å². The van der Waals surface area contributed by atoms with Gasteiger partial charge in [0.1, 0.15) is 11.3 Å². The van der Waals surface area contributed by atoms with Crippen molar-refractivity contribution >= 4 is 45.8 Å². The molecule has 0 heterocycles. The number of rotatable bonds is 4. The molecule has 0 bridgehead atoms. The molecule has 0 saturated heterocycles. The van der Waals surface area contributed by atoms with Gasteiger partial charge in [-0.3, -0.25) is 10.1 Å². The van der Waals surface area contributed by atoms with E-state index in [0.29, 0.717) is 3.57 Å². The third kappa shape index (κ3) is 3.61. The number of halogens is 2. The van der Waals surface area contributed by atoms with Crippen molar-refractivity contribution in [2.24, 2.45) is 0 Å². The highest BCUT2D eigenvalue weighted by Gasteiger charge is 2.19. The lowest BCUT2D eigenvalue weighted by atomic mass is 10.2. The number of ether oxygens (including phenoxy) is 1. The van der Waals surface area contributed by atoms with Crippen LogP contribution in [0.25, 0.3) is 0 Å². The van der Waals surface area contributed by atoms with Gasteiger partial charge in [-0.1, -0.05) is 11.6 Å². The largest absolute Gasteiger partial charge is 0.478 e. The van der Waals surface area contributed by atoms with E-state index in [1.54, 1.807) is 6.07 Å². The first kappa shape index (κ1) is 15.5. The van der Waals surface area contributed by atoms with E-state index in [4.69, 9.17) is 21.4 Å². The topological polar surface area (TPSA) is 89.7 Å². The standard InChI is InChI=1S/C13H7ClINO5/c14-7-1-3-12(10(5-7)16(19)20)21-11-4-2-8(15)6-9(11)13(17)18/h1-6H,(H,17,18). The Labute approximate surface area is 137 Å². The molecule has 2 rings (SSSR count).